The van der Waals surface area contributed by atoms with Crippen LogP contribution >= 0.6 is 0 Å². The molecule has 0 bridgehead atoms. The first-order chi connectivity index (χ1) is 9.72. The summed E-state index contributed by atoms with van der Waals surface area (Å²) in [6.45, 7) is 2.78. The van der Waals surface area contributed by atoms with E-state index in [0.717, 1.165) is 29.8 Å². The smallest absolute Gasteiger partial charge is 0.102 e. The summed E-state index contributed by atoms with van der Waals surface area (Å²) < 4.78 is 6.29. The average molecular weight is 270 g/mol. The third kappa shape index (κ3) is 2.53. The predicted octanol–water partition coefficient (Wildman–Crippen LogP) is 3.77. The number of aryl methyl sites for hydroxylation is 1. The molecule has 1 unspecified atom stereocenters. The largest absolute Gasteiger partial charge is 0.381 e. The molecule has 1 aliphatic heterocycles. The first kappa shape index (κ1) is 13.5. The molecule has 0 radical (unpaired) electrons. The van der Waals surface area contributed by atoms with E-state index in [-0.39, 0.29) is 5.60 Å². The van der Waals surface area contributed by atoms with Gasteiger partial charge in [-0.05, 0) is 44.2 Å². The Kier molecular flexibility index (Phi) is 3.67. The van der Waals surface area contributed by atoms with Gasteiger partial charge in [0.25, 0.3) is 0 Å². The second-order valence-electron chi connectivity index (χ2n) is 6.16. The van der Waals surface area contributed by atoms with Gasteiger partial charge in [-0.15, -0.1) is 0 Å². The third-order valence-corrected chi connectivity index (χ3v) is 4.76. The second kappa shape index (κ2) is 5.46. The third-order valence-electron chi connectivity index (χ3n) is 4.76. The lowest BCUT2D eigenvalue weighted by Gasteiger charge is -2.24. The lowest BCUT2D eigenvalue weighted by Crippen LogP contribution is -2.28. The predicted molar refractivity (Wildman–Crippen MR) is 79.7 cm³/mol. The summed E-state index contributed by atoms with van der Waals surface area (Å²) >= 11 is 0. The number of ether oxygens (including phenoxy) is 1. The molecule has 2 fully saturated rings. The standard InChI is InChI=1S/C17H22N2O/c1-13-5-4-6-16(15(13)11-18)19-12-14-7-10-17(20-14)8-2-3-9-17/h4-6,14,19H,2-3,7-10,12H2,1H3. The highest BCUT2D eigenvalue weighted by Gasteiger charge is 2.41. The van der Waals surface area contributed by atoms with E-state index in [1.807, 2.05) is 25.1 Å². The fourth-order valence-corrected chi connectivity index (χ4v) is 3.61. The van der Waals surface area contributed by atoms with Crippen LogP contribution in [0.15, 0.2) is 18.2 Å². The van der Waals surface area contributed by atoms with Crippen LogP contribution in [-0.2, 0) is 4.74 Å². The fraction of sp³-hybridized carbons (Fsp3) is 0.588. The van der Waals surface area contributed by atoms with Crippen molar-refractivity contribution >= 4 is 5.69 Å². The normalized spacial score (nSPS) is 23.9. The Labute approximate surface area is 120 Å². The van der Waals surface area contributed by atoms with Crippen LogP contribution in [0.2, 0.25) is 0 Å². The molecule has 1 saturated heterocycles. The molecule has 1 aromatic carbocycles. The number of rotatable bonds is 3. The Hall–Kier alpha value is -1.53. The van der Waals surface area contributed by atoms with Crippen molar-refractivity contribution in [1.29, 1.82) is 5.26 Å². The van der Waals surface area contributed by atoms with E-state index in [1.54, 1.807) is 0 Å². The van der Waals surface area contributed by atoms with Gasteiger partial charge in [-0.25, -0.2) is 0 Å². The van der Waals surface area contributed by atoms with Gasteiger partial charge < -0.3 is 10.1 Å². The van der Waals surface area contributed by atoms with Crippen molar-refractivity contribution in [2.24, 2.45) is 0 Å². The summed E-state index contributed by atoms with van der Waals surface area (Å²) in [5.41, 5.74) is 2.90. The number of hydrogen-bond donors (Lipinski definition) is 1. The van der Waals surface area contributed by atoms with Crippen molar-refractivity contribution in [1.82, 2.24) is 0 Å². The van der Waals surface area contributed by atoms with Crippen LogP contribution in [0.3, 0.4) is 0 Å². The molecule has 1 aromatic rings. The van der Waals surface area contributed by atoms with Crippen LogP contribution in [0.1, 0.15) is 49.7 Å². The number of hydrogen-bond acceptors (Lipinski definition) is 3. The van der Waals surface area contributed by atoms with Gasteiger partial charge in [0.15, 0.2) is 0 Å². The summed E-state index contributed by atoms with van der Waals surface area (Å²) in [7, 11) is 0. The van der Waals surface area contributed by atoms with E-state index in [2.05, 4.69) is 11.4 Å². The quantitative estimate of drug-likeness (QED) is 0.909. The average Bonchev–Trinajstić information content (AvgIpc) is 3.07. The first-order valence-corrected chi connectivity index (χ1v) is 7.64. The first-order valence-electron chi connectivity index (χ1n) is 7.64. The maximum absolute atomic E-state index is 9.24. The molecule has 20 heavy (non-hydrogen) atoms. The Morgan fingerprint density at radius 1 is 1.35 bits per heavy atom. The maximum Gasteiger partial charge on any atom is 0.102 e. The van der Waals surface area contributed by atoms with Crippen molar-refractivity contribution in [3.8, 4) is 6.07 Å². The maximum atomic E-state index is 9.24. The van der Waals surface area contributed by atoms with Crippen molar-refractivity contribution in [3.63, 3.8) is 0 Å². The molecule has 1 atom stereocenters. The minimum Gasteiger partial charge on any atom is -0.381 e. The van der Waals surface area contributed by atoms with Crippen molar-refractivity contribution < 1.29 is 4.74 Å². The number of nitrogens with one attached hydrogen (secondary N) is 1. The van der Waals surface area contributed by atoms with Crippen molar-refractivity contribution in [2.75, 3.05) is 11.9 Å². The van der Waals surface area contributed by atoms with Crippen molar-refractivity contribution in [3.05, 3.63) is 29.3 Å². The van der Waals surface area contributed by atoms with Crippen LogP contribution in [0, 0.1) is 18.3 Å². The summed E-state index contributed by atoms with van der Waals surface area (Å²) in [6.07, 6.45) is 7.74. The minimum absolute atomic E-state index is 0.191. The zero-order chi connectivity index (χ0) is 14.0. The Bertz CT molecular complexity index is 526. The number of nitrogens with zero attached hydrogens (tertiary/aromatic N) is 1. The van der Waals surface area contributed by atoms with Crippen LogP contribution < -0.4 is 5.32 Å². The van der Waals surface area contributed by atoms with Crippen LogP contribution in [-0.4, -0.2) is 18.2 Å². The molecule has 1 aliphatic carbocycles. The summed E-state index contributed by atoms with van der Waals surface area (Å²) in [4.78, 5) is 0. The Morgan fingerprint density at radius 2 is 2.15 bits per heavy atom. The van der Waals surface area contributed by atoms with Gasteiger partial charge in [0.1, 0.15) is 6.07 Å². The molecule has 0 amide bonds. The molecular formula is C17H22N2O. The van der Waals surface area contributed by atoms with Gasteiger partial charge in [0.2, 0.25) is 0 Å². The molecule has 3 heteroatoms. The SMILES string of the molecule is Cc1cccc(NCC2CCC3(CCCC3)O2)c1C#N. The molecule has 3 rings (SSSR count). The van der Waals surface area contributed by atoms with Gasteiger partial charge in [0.05, 0.1) is 23.0 Å². The van der Waals surface area contributed by atoms with E-state index in [1.165, 1.54) is 32.1 Å². The van der Waals surface area contributed by atoms with Gasteiger partial charge in [-0.1, -0.05) is 25.0 Å². The van der Waals surface area contributed by atoms with Crippen LogP contribution in [0.5, 0.6) is 0 Å². The minimum atomic E-state index is 0.191. The molecule has 1 spiro atoms. The molecule has 1 N–H and O–H groups in total. The highest BCUT2D eigenvalue weighted by Crippen LogP contribution is 2.43. The molecule has 0 aromatic heterocycles. The topological polar surface area (TPSA) is 45.0 Å². The highest BCUT2D eigenvalue weighted by atomic mass is 16.5. The monoisotopic (exact) mass is 270 g/mol. The van der Waals surface area contributed by atoms with E-state index in [0.29, 0.717) is 6.10 Å². The van der Waals surface area contributed by atoms with E-state index in [9.17, 15) is 5.26 Å². The molecule has 106 valence electrons. The molecule has 2 aliphatic rings. The Morgan fingerprint density at radius 3 is 2.90 bits per heavy atom. The van der Waals surface area contributed by atoms with Gasteiger partial charge in [-0.2, -0.15) is 5.26 Å². The fourth-order valence-electron chi connectivity index (χ4n) is 3.61. The van der Waals surface area contributed by atoms with Crippen molar-refractivity contribution in [2.45, 2.75) is 57.2 Å². The molecule has 1 heterocycles. The van der Waals surface area contributed by atoms with Gasteiger partial charge >= 0.3 is 0 Å². The lowest BCUT2D eigenvalue weighted by molar-refractivity contribution is -0.0307. The van der Waals surface area contributed by atoms with E-state index >= 15 is 0 Å². The summed E-state index contributed by atoms with van der Waals surface area (Å²) in [5.74, 6) is 0. The second-order valence-corrected chi connectivity index (χ2v) is 6.16. The lowest BCUT2D eigenvalue weighted by atomic mass is 9.98. The van der Waals surface area contributed by atoms with Gasteiger partial charge in [0, 0.05) is 6.54 Å². The van der Waals surface area contributed by atoms with E-state index < -0.39 is 0 Å². The number of benzene rings is 1. The number of nitriles is 1. The number of anilines is 1. The zero-order valence-corrected chi connectivity index (χ0v) is 12.1. The molecule has 1 saturated carbocycles. The summed E-state index contributed by atoms with van der Waals surface area (Å²) in [5, 5.41) is 12.6. The molecule has 3 nitrogen and oxygen atoms in total. The molecular weight excluding hydrogens is 248 g/mol. The zero-order valence-electron chi connectivity index (χ0n) is 12.1. The Balaban J connectivity index is 1.61. The highest BCUT2D eigenvalue weighted by molar-refractivity contribution is 5.60. The van der Waals surface area contributed by atoms with E-state index in [4.69, 9.17) is 4.74 Å². The van der Waals surface area contributed by atoms with Gasteiger partial charge in [-0.3, -0.25) is 0 Å². The summed E-state index contributed by atoms with van der Waals surface area (Å²) in [6, 6.07) is 8.23. The van der Waals surface area contributed by atoms with Crippen LogP contribution in [0.25, 0.3) is 0 Å². The van der Waals surface area contributed by atoms with Crippen LogP contribution in [0.4, 0.5) is 5.69 Å².